The maximum atomic E-state index is 11.7. The van der Waals surface area contributed by atoms with E-state index in [1.165, 1.54) is 6.26 Å². The van der Waals surface area contributed by atoms with E-state index in [1.807, 2.05) is 0 Å². The molecule has 1 fully saturated rings. The molecule has 1 aromatic heterocycles. The van der Waals surface area contributed by atoms with Gasteiger partial charge in [-0.15, -0.1) is 0 Å². The Morgan fingerprint density at radius 3 is 3.06 bits per heavy atom. The van der Waals surface area contributed by atoms with Crippen LogP contribution in [0, 0.1) is 6.92 Å². The third kappa shape index (κ3) is 2.40. The van der Waals surface area contributed by atoms with Gasteiger partial charge in [-0.25, -0.2) is 0 Å². The van der Waals surface area contributed by atoms with Crippen molar-refractivity contribution in [1.29, 1.82) is 0 Å². The van der Waals surface area contributed by atoms with Gasteiger partial charge < -0.3 is 14.9 Å². The molecule has 0 spiro atoms. The SMILES string of the molecule is Cc1coc(NC(=O)C2CCC(CN)O2)n1. The first-order valence-corrected chi connectivity index (χ1v) is 5.27. The van der Waals surface area contributed by atoms with Crippen LogP contribution in [0.15, 0.2) is 10.7 Å². The Labute approximate surface area is 93.2 Å². The molecule has 1 aliphatic rings. The number of amides is 1. The molecule has 88 valence electrons. The van der Waals surface area contributed by atoms with Crippen LogP contribution in [0.2, 0.25) is 0 Å². The fraction of sp³-hybridized carbons (Fsp3) is 0.600. The van der Waals surface area contributed by atoms with Crippen molar-refractivity contribution in [1.82, 2.24) is 4.98 Å². The molecule has 16 heavy (non-hydrogen) atoms. The molecule has 3 N–H and O–H groups in total. The number of hydrogen-bond donors (Lipinski definition) is 2. The molecule has 0 aromatic carbocycles. The lowest BCUT2D eigenvalue weighted by atomic mass is 10.2. The molecule has 1 aliphatic heterocycles. The van der Waals surface area contributed by atoms with E-state index in [2.05, 4.69) is 10.3 Å². The maximum absolute atomic E-state index is 11.7. The highest BCUT2D eigenvalue weighted by Gasteiger charge is 2.30. The first kappa shape index (κ1) is 11.1. The van der Waals surface area contributed by atoms with Gasteiger partial charge in [-0.2, -0.15) is 4.98 Å². The van der Waals surface area contributed by atoms with E-state index >= 15 is 0 Å². The number of nitrogens with two attached hydrogens (primary N) is 1. The number of aryl methyl sites for hydroxylation is 1. The number of nitrogens with one attached hydrogen (secondary N) is 1. The Hall–Kier alpha value is -1.40. The fourth-order valence-electron chi connectivity index (χ4n) is 1.67. The van der Waals surface area contributed by atoms with Crippen LogP contribution in [0.3, 0.4) is 0 Å². The summed E-state index contributed by atoms with van der Waals surface area (Å²) in [5.74, 6) is -0.224. The van der Waals surface area contributed by atoms with Crippen LogP contribution >= 0.6 is 0 Å². The number of oxazole rings is 1. The molecule has 1 aromatic rings. The molecule has 2 unspecified atom stereocenters. The lowest BCUT2D eigenvalue weighted by Gasteiger charge is -2.10. The van der Waals surface area contributed by atoms with E-state index in [9.17, 15) is 4.79 Å². The summed E-state index contributed by atoms with van der Waals surface area (Å²) in [6, 6.07) is 0.210. The van der Waals surface area contributed by atoms with Crippen molar-refractivity contribution in [2.45, 2.75) is 32.0 Å². The summed E-state index contributed by atoms with van der Waals surface area (Å²) in [6.45, 7) is 2.23. The van der Waals surface area contributed by atoms with Gasteiger partial charge in [-0.3, -0.25) is 10.1 Å². The van der Waals surface area contributed by atoms with Gasteiger partial charge in [0.2, 0.25) is 0 Å². The number of carbonyl (C=O) groups is 1. The van der Waals surface area contributed by atoms with Gasteiger partial charge >= 0.3 is 6.01 Å². The van der Waals surface area contributed by atoms with E-state index in [-0.39, 0.29) is 18.0 Å². The second kappa shape index (κ2) is 4.63. The number of aromatic nitrogens is 1. The number of carbonyl (C=O) groups excluding carboxylic acids is 1. The standard InChI is InChI=1S/C10H15N3O3/c1-6-5-15-10(12-6)13-9(14)8-3-2-7(4-11)16-8/h5,7-8H,2-4,11H2,1H3,(H,12,13,14). The van der Waals surface area contributed by atoms with Gasteiger partial charge in [-0.1, -0.05) is 0 Å². The van der Waals surface area contributed by atoms with Crippen molar-refractivity contribution < 1.29 is 13.9 Å². The van der Waals surface area contributed by atoms with E-state index in [0.29, 0.717) is 13.0 Å². The first-order valence-electron chi connectivity index (χ1n) is 5.27. The van der Waals surface area contributed by atoms with Crippen molar-refractivity contribution in [2.75, 3.05) is 11.9 Å². The summed E-state index contributed by atoms with van der Waals surface area (Å²) in [5, 5.41) is 2.57. The monoisotopic (exact) mass is 225 g/mol. The van der Waals surface area contributed by atoms with Gasteiger partial charge in [-0.05, 0) is 19.8 Å². The summed E-state index contributed by atoms with van der Waals surface area (Å²) >= 11 is 0. The number of rotatable bonds is 3. The minimum absolute atomic E-state index is 0.0120. The predicted octanol–water partition coefficient (Wildman–Crippen LogP) is 0.428. The second-order valence-electron chi connectivity index (χ2n) is 3.84. The minimum Gasteiger partial charge on any atom is -0.432 e. The molecule has 1 saturated heterocycles. The molecule has 0 bridgehead atoms. The molecule has 0 radical (unpaired) electrons. The van der Waals surface area contributed by atoms with E-state index < -0.39 is 6.10 Å². The quantitative estimate of drug-likeness (QED) is 0.778. The van der Waals surface area contributed by atoms with Gasteiger partial charge in [0.25, 0.3) is 5.91 Å². The van der Waals surface area contributed by atoms with Crippen LogP contribution in [0.25, 0.3) is 0 Å². The zero-order valence-electron chi connectivity index (χ0n) is 9.10. The Kier molecular flexibility index (Phi) is 3.21. The molecular weight excluding hydrogens is 210 g/mol. The Morgan fingerprint density at radius 1 is 1.69 bits per heavy atom. The van der Waals surface area contributed by atoms with Crippen LogP contribution in [0.5, 0.6) is 0 Å². The van der Waals surface area contributed by atoms with Crippen LogP contribution in [-0.2, 0) is 9.53 Å². The van der Waals surface area contributed by atoms with Gasteiger partial charge in [0.15, 0.2) is 0 Å². The first-order chi connectivity index (χ1) is 7.69. The largest absolute Gasteiger partial charge is 0.432 e. The summed E-state index contributed by atoms with van der Waals surface area (Å²) in [5.41, 5.74) is 6.19. The molecule has 2 rings (SSSR count). The summed E-state index contributed by atoms with van der Waals surface area (Å²) < 4.78 is 10.5. The topological polar surface area (TPSA) is 90.4 Å². The average Bonchev–Trinajstić information content (AvgIpc) is 2.87. The summed E-state index contributed by atoms with van der Waals surface area (Å²) in [7, 11) is 0. The fourth-order valence-corrected chi connectivity index (χ4v) is 1.67. The Morgan fingerprint density at radius 2 is 2.50 bits per heavy atom. The van der Waals surface area contributed by atoms with Crippen molar-refractivity contribution in [3.8, 4) is 0 Å². The predicted molar refractivity (Wildman–Crippen MR) is 56.8 cm³/mol. The lowest BCUT2D eigenvalue weighted by Crippen LogP contribution is -2.29. The maximum Gasteiger partial charge on any atom is 0.301 e. The number of anilines is 1. The van der Waals surface area contributed by atoms with E-state index in [0.717, 1.165) is 12.1 Å². The van der Waals surface area contributed by atoms with Crippen molar-refractivity contribution in [2.24, 2.45) is 5.73 Å². The summed E-state index contributed by atoms with van der Waals surface area (Å²) in [4.78, 5) is 15.7. The third-order valence-electron chi connectivity index (χ3n) is 2.51. The molecular formula is C10H15N3O3. The molecule has 2 atom stereocenters. The van der Waals surface area contributed by atoms with Crippen LogP contribution in [0.4, 0.5) is 6.01 Å². The molecule has 2 heterocycles. The molecule has 6 heteroatoms. The zero-order valence-corrected chi connectivity index (χ0v) is 9.10. The molecule has 6 nitrogen and oxygen atoms in total. The second-order valence-corrected chi connectivity index (χ2v) is 3.84. The normalized spacial score (nSPS) is 24.6. The lowest BCUT2D eigenvalue weighted by molar-refractivity contribution is -0.126. The highest BCUT2D eigenvalue weighted by molar-refractivity contribution is 5.92. The summed E-state index contributed by atoms with van der Waals surface area (Å²) in [6.07, 6.45) is 2.53. The van der Waals surface area contributed by atoms with Crippen molar-refractivity contribution in [3.63, 3.8) is 0 Å². The van der Waals surface area contributed by atoms with E-state index in [1.54, 1.807) is 6.92 Å². The molecule has 0 aliphatic carbocycles. The average molecular weight is 225 g/mol. The van der Waals surface area contributed by atoms with Gasteiger partial charge in [0.1, 0.15) is 12.4 Å². The Balaban J connectivity index is 1.89. The van der Waals surface area contributed by atoms with Crippen LogP contribution in [0.1, 0.15) is 18.5 Å². The number of hydrogen-bond acceptors (Lipinski definition) is 5. The van der Waals surface area contributed by atoms with Gasteiger partial charge in [0, 0.05) is 6.54 Å². The number of ether oxygens (including phenoxy) is 1. The van der Waals surface area contributed by atoms with Gasteiger partial charge in [0.05, 0.1) is 11.8 Å². The highest BCUT2D eigenvalue weighted by Crippen LogP contribution is 2.20. The zero-order chi connectivity index (χ0) is 11.5. The smallest absolute Gasteiger partial charge is 0.301 e. The van der Waals surface area contributed by atoms with Crippen molar-refractivity contribution in [3.05, 3.63) is 12.0 Å². The highest BCUT2D eigenvalue weighted by atomic mass is 16.5. The van der Waals surface area contributed by atoms with Crippen molar-refractivity contribution >= 4 is 11.9 Å². The number of nitrogens with zero attached hydrogens (tertiary/aromatic N) is 1. The van der Waals surface area contributed by atoms with E-state index in [4.69, 9.17) is 14.9 Å². The van der Waals surface area contributed by atoms with Crippen LogP contribution in [-0.4, -0.2) is 29.6 Å². The molecule has 0 saturated carbocycles. The third-order valence-corrected chi connectivity index (χ3v) is 2.51. The Bertz CT molecular complexity index is 377. The minimum atomic E-state index is -0.444. The molecule has 1 amide bonds. The van der Waals surface area contributed by atoms with Crippen LogP contribution < -0.4 is 11.1 Å².